The number of rotatable bonds is 3. The summed E-state index contributed by atoms with van der Waals surface area (Å²) in [5, 5.41) is 3.63. The molecule has 1 N–H and O–H groups in total. The van der Waals surface area contributed by atoms with Crippen LogP contribution in [0.25, 0.3) is 0 Å². The molecule has 0 bridgehead atoms. The lowest BCUT2D eigenvalue weighted by atomic mass is 10.0. The molecule has 124 valence electrons. The van der Waals surface area contributed by atoms with Gasteiger partial charge in [0.2, 0.25) is 0 Å². The van der Waals surface area contributed by atoms with E-state index < -0.39 is 0 Å². The highest BCUT2D eigenvalue weighted by Gasteiger charge is 2.23. The van der Waals surface area contributed by atoms with Crippen LogP contribution in [0.2, 0.25) is 0 Å². The van der Waals surface area contributed by atoms with Crippen LogP contribution >= 0.6 is 24.0 Å². The lowest BCUT2D eigenvalue weighted by Crippen LogP contribution is -2.51. The van der Waals surface area contributed by atoms with Crippen molar-refractivity contribution in [2.45, 2.75) is 52.0 Å². The van der Waals surface area contributed by atoms with E-state index in [4.69, 9.17) is 0 Å². The molecule has 0 aromatic rings. The van der Waals surface area contributed by atoms with Gasteiger partial charge in [-0.15, -0.1) is 24.0 Å². The predicted octanol–water partition coefficient (Wildman–Crippen LogP) is 2.79. The van der Waals surface area contributed by atoms with Gasteiger partial charge in [-0.2, -0.15) is 0 Å². The molecule has 2 atom stereocenters. The molecular formula is C16H33IN4. The molecule has 0 aliphatic carbocycles. The summed E-state index contributed by atoms with van der Waals surface area (Å²) in [5.74, 6) is 1.90. The fourth-order valence-corrected chi connectivity index (χ4v) is 3.63. The molecule has 0 amide bonds. The zero-order chi connectivity index (χ0) is 14.4. The average molecular weight is 408 g/mol. The van der Waals surface area contributed by atoms with E-state index >= 15 is 0 Å². The molecule has 2 aliphatic heterocycles. The van der Waals surface area contributed by atoms with Crippen molar-refractivity contribution in [3.8, 4) is 0 Å². The molecule has 0 saturated carbocycles. The van der Waals surface area contributed by atoms with Crippen molar-refractivity contribution in [2.75, 3.05) is 39.8 Å². The Balaban J connectivity index is 0.00000220. The largest absolute Gasteiger partial charge is 0.355 e. The van der Waals surface area contributed by atoms with Crippen molar-refractivity contribution in [1.29, 1.82) is 0 Å². The Morgan fingerprint density at radius 1 is 1.19 bits per heavy atom. The van der Waals surface area contributed by atoms with Gasteiger partial charge in [-0.25, -0.2) is 0 Å². The monoisotopic (exact) mass is 408 g/mol. The van der Waals surface area contributed by atoms with Crippen molar-refractivity contribution in [2.24, 2.45) is 10.9 Å². The molecule has 2 heterocycles. The minimum absolute atomic E-state index is 0. The van der Waals surface area contributed by atoms with Crippen LogP contribution in [-0.4, -0.2) is 61.6 Å². The van der Waals surface area contributed by atoms with Crippen molar-refractivity contribution >= 4 is 29.9 Å². The summed E-state index contributed by atoms with van der Waals surface area (Å²) in [6.07, 6.45) is 6.73. The van der Waals surface area contributed by atoms with Crippen molar-refractivity contribution in [1.82, 2.24) is 15.1 Å². The molecule has 21 heavy (non-hydrogen) atoms. The Bertz CT molecular complexity index is 321. The Kier molecular flexibility index (Phi) is 8.94. The standard InChI is InChI=1S/C16H32N4.HI/c1-4-19-10-6-5-9-15(19)12-18-16(17-3)20-11-7-8-14(2)13-20;/h14-15H,4-13H2,1-3H3,(H,17,18);1H. The third-order valence-corrected chi connectivity index (χ3v) is 4.82. The molecule has 2 aliphatic rings. The predicted molar refractivity (Wildman–Crippen MR) is 102 cm³/mol. The van der Waals surface area contributed by atoms with Gasteiger partial charge in [-0.05, 0) is 44.7 Å². The number of halogens is 1. The minimum atomic E-state index is 0. The maximum absolute atomic E-state index is 4.49. The van der Waals surface area contributed by atoms with Gasteiger partial charge in [0.05, 0.1) is 0 Å². The van der Waals surface area contributed by atoms with E-state index in [0.717, 1.165) is 31.5 Å². The summed E-state index contributed by atoms with van der Waals surface area (Å²) in [7, 11) is 1.92. The molecule has 0 aromatic heterocycles. The first-order valence-electron chi connectivity index (χ1n) is 8.44. The van der Waals surface area contributed by atoms with Crippen molar-refractivity contribution in [3.05, 3.63) is 0 Å². The van der Waals surface area contributed by atoms with E-state index in [9.17, 15) is 0 Å². The van der Waals surface area contributed by atoms with E-state index in [2.05, 4.69) is 34.0 Å². The summed E-state index contributed by atoms with van der Waals surface area (Å²) in [6.45, 7) is 10.4. The number of nitrogens with one attached hydrogen (secondary N) is 1. The quantitative estimate of drug-likeness (QED) is 0.443. The first-order valence-corrected chi connectivity index (χ1v) is 8.44. The number of hydrogen-bond donors (Lipinski definition) is 1. The van der Waals surface area contributed by atoms with Crippen LogP contribution in [0, 0.1) is 5.92 Å². The molecule has 0 spiro atoms. The van der Waals surface area contributed by atoms with Gasteiger partial charge < -0.3 is 10.2 Å². The molecule has 0 radical (unpaired) electrons. The van der Waals surface area contributed by atoms with E-state index in [0.29, 0.717) is 6.04 Å². The molecule has 5 heteroatoms. The average Bonchev–Trinajstić information content (AvgIpc) is 2.48. The second-order valence-electron chi connectivity index (χ2n) is 6.40. The first-order chi connectivity index (χ1) is 9.74. The molecule has 2 rings (SSSR count). The van der Waals surface area contributed by atoms with Crippen LogP contribution in [0.5, 0.6) is 0 Å². The molecule has 4 nitrogen and oxygen atoms in total. The van der Waals surface area contributed by atoms with Crippen LogP contribution in [0.15, 0.2) is 4.99 Å². The van der Waals surface area contributed by atoms with Crippen molar-refractivity contribution < 1.29 is 0 Å². The maximum Gasteiger partial charge on any atom is 0.193 e. The molecular weight excluding hydrogens is 375 g/mol. The molecule has 2 unspecified atom stereocenters. The number of piperidine rings is 2. The minimum Gasteiger partial charge on any atom is -0.355 e. The van der Waals surface area contributed by atoms with E-state index in [-0.39, 0.29) is 24.0 Å². The van der Waals surface area contributed by atoms with Gasteiger partial charge >= 0.3 is 0 Å². The normalized spacial score (nSPS) is 28.1. The van der Waals surface area contributed by atoms with Gasteiger partial charge in [-0.3, -0.25) is 9.89 Å². The molecule has 2 saturated heterocycles. The highest BCUT2D eigenvalue weighted by Crippen LogP contribution is 2.17. The van der Waals surface area contributed by atoms with Crippen LogP contribution < -0.4 is 5.32 Å². The maximum atomic E-state index is 4.49. The second kappa shape index (κ2) is 9.87. The smallest absolute Gasteiger partial charge is 0.193 e. The fraction of sp³-hybridized carbons (Fsp3) is 0.938. The highest BCUT2D eigenvalue weighted by atomic mass is 127. The molecule has 2 fully saturated rings. The summed E-state index contributed by atoms with van der Waals surface area (Å²) in [6, 6.07) is 0.688. The van der Waals surface area contributed by atoms with E-state index in [1.54, 1.807) is 0 Å². The number of likely N-dealkylation sites (N-methyl/N-ethyl adjacent to an activating group) is 1. The number of hydrogen-bond acceptors (Lipinski definition) is 2. The molecule has 0 aromatic carbocycles. The van der Waals surface area contributed by atoms with Gasteiger partial charge in [0.15, 0.2) is 5.96 Å². The Morgan fingerprint density at radius 2 is 2.00 bits per heavy atom. The van der Waals surface area contributed by atoms with E-state index in [1.165, 1.54) is 45.2 Å². The van der Waals surface area contributed by atoms with Crippen molar-refractivity contribution in [3.63, 3.8) is 0 Å². The lowest BCUT2D eigenvalue weighted by Gasteiger charge is -2.37. The summed E-state index contributed by atoms with van der Waals surface area (Å²) in [4.78, 5) is 9.55. The second-order valence-corrected chi connectivity index (χ2v) is 6.40. The zero-order valence-corrected chi connectivity index (χ0v) is 16.3. The van der Waals surface area contributed by atoms with Crippen LogP contribution in [0.4, 0.5) is 0 Å². The number of aliphatic imine (C=N–C) groups is 1. The third kappa shape index (κ3) is 5.58. The van der Waals surface area contributed by atoms with Gasteiger partial charge in [0, 0.05) is 32.7 Å². The zero-order valence-electron chi connectivity index (χ0n) is 14.0. The fourth-order valence-electron chi connectivity index (χ4n) is 3.63. The summed E-state index contributed by atoms with van der Waals surface area (Å²) >= 11 is 0. The third-order valence-electron chi connectivity index (χ3n) is 4.82. The lowest BCUT2D eigenvalue weighted by molar-refractivity contribution is 0.156. The van der Waals surface area contributed by atoms with Crippen LogP contribution in [0.3, 0.4) is 0 Å². The SMILES string of the molecule is CCN1CCCCC1CNC(=NC)N1CCCC(C)C1.I. The number of likely N-dealkylation sites (tertiary alicyclic amines) is 2. The summed E-state index contributed by atoms with van der Waals surface area (Å²) < 4.78 is 0. The van der Waals surface area contributed by atoms with E-state index in [1.807, 2.05) is 7.05 Å². The van der Waals surface area contributed by atoms with Crippen LogP contribution in [-0.2, 0) is 0 Å². The number of nitrogens with zero attached hydrogens (tertiary/aromatic N) is 3. The highest BCUT2D eigenvalue weighted by molar-refractivity contribution is 14.0. The Hall–Kier alpha value is -0.0400. The van der Waals surface area contributed by atoms with Gasteiger partial charge in [-0.1, -0.05) is 20.3 Å². The van der Waals surface area contributed by atoms with Gasteiger partial charge in [0.1, 0.15) is 0 Å². The Labute approximate surface area is 147 Å². The van der Waals surface area contributed by atoms with Gasteiger partial charge in [0.25, 0.3) is 0 Å². The summed E-state index contributed by atoms with van der Waals surface area (Å²) in [5.41, 5.74) is 0. The number of guanidine groups is 1. The van der Waals surface area contributed by atoms with Crippen LogP contribution in [0.1, 0.15) is 46.0 Å². The first kappa shape index (κ1) is 19.0. The topological polar surface area (TPSA) is 30.9 Å². The Morgan fingerprint density at radius 3 is 2.67 bits per heavy atom.